The van der Waals surface area contributed by atoms with E-state index >= 15 is 0 Å². The van der Waals surface area contributed by atoms with Gasteiger partial charge in [-0.15, -0.1) is 0 Å². The highest BCUT2D eigenvalue weighted by Gasteiger charge is 2.12. The van der Waals surface area contributed by atoms with Crippen LogP contribution in [0.3, 0.4) is 0 Å². The van der Waals surface area contributed by atoms with Gasteiger partial charge in [-0.1, -0.05) is 34.6 Å². The number of hydrogen-bond acceptors (Lipinski definition) is 3. The molecule has 0 atom stereocenters. The third-order valence-corrected chi connectivity index (χ3v) is 2.72. The minimum atomic E-state index is 0.266. The fraction of sp³-hybridized carbons (Fsp3) is 0.533. The van der Waals surface area contributed by atoms with E-state index in [0.29, 0.717) is 5.92 Å². The Balaban J connectivity index is 2.21. The third kappa shape index (κ3) is 3.03. The summed E-state index contributed by atoms with van der Waals surface area (Å²) >= 11 is 0. The molecular formula is C15H22N2O. The predicted molar refractivity (Wildman–Crippen MR) is 76.0 cm³/mol. The molecule has 98 valence electrons. The lowest BCUT2D eigenvalue weighted by atomic mass is 9.97. The summed E-state index contributed by atoms with van der Waals surface area (Å²) in [5.74, 6) is 1.13. The summed E-state index contributed by atoms with van der Waals surface area (Å²) < 4.78 is 5.69. The van der Waals surface area contributed by atoms with E-state index in [1.54, 1.807) is 0 Å². The Hall–Kier alpha value is -1.51. The van der Waals surface area contributed by atoms with Crippen LogP contribution in [0, 0.1) is 5.41 Å². The summed E-state index contributed by atoms with van der Waals surface area (Å²) in [6.45, 7) is 11.8. The van der Waals surface area contributed by atoms with Crippen LogP contribution in [0.4, 0.5) is 5.69 Å². The van der Waals surface area contributed by atoms with Crippen LogP contribution in [-0.2, 0) is 0 Å². The van der Waals surface area contributed by atoms with E-state index in [-0.39, 0.29) is 5.41 Å². The molecule has 18 heavy (non-hydrogen) atoms. The first-order valence-electron chi connectivity index (χ1n) is 6.49. The van der Waals surface area contributed by atoms with Gasteiger partial charge in [0.1, 0.15) is 5.52 Å². The molecule has 2 aromatic rings. The molecule has 0 aliphatic heterocycles. The molecule has 0 radical (unpaired) electrons. The number of aromatic nitrogens is 1. The molecule has 0 amide bonds. The van der Waals surface area contributed by atoms with Crippen molar-refractivity contribution in [2.24, 2.45) is 5.41 Å². The van der Waals surface area contributed by atoms with Gasteiger partial charge >= 0.3 is 0 Å². The summed E-state index contributed by atoms with van der Waals surface area (Å²) in [5, 5.41) is 3.43. The molecule has 2 rings (SSSR count). The monoisotopic (exact) mass is 246 g/mol. The standard InChI is InChI=1S/C15H22N2O/c1-10(2)14-17-12-8-11(6-7-13(12)18-14)16-9-15(3,4)5/h6-8,10,16H,9H2,1-5H3. The van der Waals surface area contributed by atoms with Gasteiger partial charge in [0, 0.05) is 18.2 Å². The summed E-state index contributed by atoms with van der Waals surface area (Å²) in [5.41, 5.74) is 3.15. The number of hydrogen-bond donors (Lipinski definition) is 1. The zero-order valence-electron chi connectivity index (χ0n) is 11.9. The summed E-state index contributed by atoms with van der Waals surface area (Å²) in [7, 11) is 0. The third-order valence-electron chi connectivity index (χ3n) is 2.72. The Morgan fingerprint density at radius 1 is 1.28 bits per heavy atom. The Kier molecular flexibility index (Phi) is 3.33. The van der Waals surface area contributed by atoms with E-state index in [1.807, 2.05) is 12.1 Å². The van der Waals surface area contributed by atoms with E-state index < -0.39 is 0 Å². The van der Waals surface area contributed by atoms with E-state index in [9.17, 15) is 0 Å². The summed E-state index contributed by atoms with van der Waals surface area (Å²) in [4.78, 5) is 4.51. The highest BCUT2D eigenvalue weighted by Crippen LogP contribution is 2.24. The predicted octanol–water partition coefficient (Wildman–Crippen LogP) is 4.41. The van der Waals surface area contributed by atoms with Gasteiger partial charge in [-0.2, -0.15) is 0 Å². The Morgan fingerprint density at radius 2 is 2.00 bits per heavy atom. The van der Waals surface area contributed by atoms with Crippen LogP contribution >= 0.6 is 0 Å². The average molecular weight is 246 g/mol. The van der Waals surface area contributed by atoms with Crippen LogP contribution in [0.1, 0.15) is 46.4 Å². The smallest absolute Gasteiger partial charge is 0.198 e. The second-order valence-electron chi connectivity index (χ2n) is 6.30. The van der Waals surface area contributed by atoms with Crippen molar-refractivity contribution in [2.75, 3.05) is 11.9 Å². The molecule has 0 spiro atoms. The molecule has 0 fully saturated rings. The maximum atomic E-state index is 5.69. The fourth-order valence-electron chi connectivity index (χ4n) is 1.67. The zero-order valence-corrected chi connectivity index (χ0v) is 11.9. The number of nitrogens with zero attached hydrogens (tertiary/aromatic N) is 1. The van der Waals surface area contributed by atoms with Gasteiger partial charge in [-0.05, 0) is 23.6 Å². The minimum Gasteiger partial charge on any atom is -0.440 e. The molecule has 3 nitrogen and oxygen atoms in total. The quantitative estimate of drug-likeness (QED) is 0.871. The van der Waals surface area contributed by atoms with Crippen LogP contribution in [0.5, 0.6) is 0 Å². The number of anilines is 1. The first-order valence-corrected chi connectivity index (χ1v) is 6.49. The lowest BCUT2D eigenvalue weighted by Crippen LogP contribution is -2.18. The number of benzene rings is 1. The topological polar surface area (TPSA) is 38.1 Å². The van der Waals surface area contributed by atoms with Gasteiger partial charge in [0.15, 0.2) is 11.5 Å². The summed E-state index contributed by atoms with van der Waals surface area (Å²) in [6, 6.07) is 6.08. The lowest BCUT2D eigenvalue weighted by Gasteiger charge is -2.19. The van der Waals surface area contributed by atoms with Crippen molar-refractivity contribution < 1.29 is 4.42 Å². The van der Waals surface area contributed by atoms with E-state index in [4.69, 9.17) is 4.42 Å². The molecule has 0 bridgehead atoms. The van der Waals surface area contributed by atoms with Crippen LogP contribution < -0.4 is 5.32 Å². The molecular weight excluding hydrogens is 224 g/mol. The van der Waals surface area contributed by atoms with E-state index in [2.05, 4.69) is 51.0 Å². The van der Waals surface area contributed by atoms with Crippen LogP contribution in [0.15, 0.2) is 22.6 Å². The largest absolute Gasteiger partial charge is 0.440 e. The Labute approximate surface area is 109 Å². The molecule has 1 heterocycles. The normalized spacial score (nSPS) is 12.3. The van der Waals surface area contributed by atoms with Crippen LogP contribution in [0.2, 0.25) is 0 Å². The van der Waals surface area contributed by atoms with Crippen molar-refractivity contribution in [1.29, 1.82) is 0 Å². The van der Waals surface area contributed by atoms with Gasteiger partial charge in [0.25, 0.3) is 0 Å². The zero-order chi connectivity index (χ0) is 13.3. The van der Waals surface area contributed by atoms with Gasteiger partial charge in [0.2, 0.25) is 0 Å². The molecule has 0 aliphatic rings. The average Bonchev–Trinajstić information content (AvgIpc) is 2.68. The van der Waals surface area contributed by atoms with Gasteiger partial charge in [-0.3, -0.25) is 0 Å². The molecule has 0 unspecified atom stereocenters. The van der Waals surface area contributed by atoms with Crippen molar-refractivity contribution in [2.45, 2.75) is 40.5 Å². The first-order chi connectivity index (χ1) is 8.35. The first kappa shape index (κ1) is 12.9. The van der Waals surface area contributed by atoms with Crippen molar-refractivity contribution in [1.82, 2.24) is 4.98 Å². The second kappa shape index (κ2) is 4.63. The Bertz CT molecular complexity index is 535. The molecule has 1 aromatic heterocycles. The molecule has 0 aliphatic carbocycles. The number of rotatable bonds is 3. The molecule has 1 aromatic carbocycles. The van der Waals surface area contributed by atoms with E-state index in [0.717, 1.165) is 29.2 Å². The lowest BCUT2D eigenvalue weighted by molar-refractivity contribution is 0.443. The molecule has 0 saturated heterocycles. The minimum absolute atomic E-state index is 0.266. The van der Waals surface area contributed by atoms with Gasteiger partial charge in [-0.25, -0.2) is 4.98 Å². The Morgan fingerprint density at radius 3 is 2.61 bits per heavy atom. The SMILES string of the molecule is CC(C)c1nc2cc(NCC(C)(C)C)ccc2o1. The molecule has 3 heteroatoms. The number of oxazole rings is 1. The van der Waals surface area contributed by atoms with E-state index in [1.165, 1.54) is 0 Å². The number of fused-ring (bicyclic) bond motifs is 1. The number of nitrogens with one attached hydrogen (secondary N) is 1. The highest BCUT2D eigenvalue weighted by molar-refractivity contribution is 5.77. The van der Waals surface area contributed by atoms with Crippen molar-refractivity contribution in [3.05, 3.63) is 24.1 Å². The maximum absolute atomic E-state index is 5.69. The maximum Gasteiger partial charge on any atom is 0.198 e. The van der Waals surface area contributed by atoms with Crippen molar-refractivity contribution in [3.63, 3.8) is 0 Å². The fourth-order valence-corrected chi connectivity index (χ4v) is 1.67. The molecule has 1 N–H and O–H groups in total. The van der Waals surface area contributed by atoms with Crippen LogP contribution in [0.25, 0.3) is 11.1 Å². The van der Waals surface area contributed by atoms with Gasteiger partial charge in [0.05, 0.1) is 0 Å². The van der Waals surface area contributed by atoms with Crippen LogP contribution in [-0.4, -0.2) is 11.5 Å². The van der Waals surface area contributed by atoms with Crippen molar-refractivity contribution in [3.8, 4) is 0 Å². The van der Waals surface area contributed by atoms with Crippen molar-refractivity contribution >= 4 is 16.8 Å². The molecule has 0 saturated carbocycles. The summed E-state index contributed by atoms with van der Waals surface area (Å²) in [6.07, 6.45) is 0. The van der Waals surface area contributed by atoms with Gasteiger partial charge < -0.3 is 9.73 Å². The second-order valence-corrected chi connectivity index (χ2v) is 6.30. The highest BCUT2D eigenvalue weighted by atomic mass is 16.3.